The van der Waals surface area contributed by atoms with Crippen LogP contribution in [0.3, 0.4) is 0 Å². The summed E-state index contributed by atoms with van der Waals surface area (Å²) in [6, 6.07) is 3.83. The van der Waals surface area contributed by atoms with Gasteiger partial charge in [0.05, 0.1) is 0 Å². The molecule has 0 radical (unpaired) electrons. The number of allylic oxidation sites excluding steroid dienone is 1. The van der Waals surface area contributed by atoms with Gasteiger partial charge >= 0.3 is 0 Å². The van der Waals surface area contributed by atoms with Gasteiger partial charge in [0, 0.05) is 20.1 Å². The Morgan fingerprint density at radius 3 is 2.14 bits per heavy atom. The fraction of sp³-hybridized carbons (Fsp3) is 0.600. The summed E-state index contributed by atoms with van der Waals surface area (Å²) in [6.07, 6.45) is 3.51. The number of nitrogens with one attached hydrogen (secondary N) is 1. The summed E-state index contributed by atoms with van der Waals surface area (Å²) in [7, 11) is 1.75. The van der Waals surface area contributed by atoms with Crippen molar-refractivity contribution in [1.82, 2.24) is 10.2 Å². The van der Waals surface area contributed by atoms with Crippen molar-refractivity contribution in [1.29, 1.82) is 10.5 Å². The molecular formula is C10H14N4. The lowest BCUT2D eigenvalue weighted by Gasteiger charge is -2.30. The minimum absolute atomic E-state index is 0.175. The zero-order chi connectivity index (χ0) is 10.4. The smallest absolute Gasteiger partial charge is 0.169 e. The maximum absolute atomic E-state index is 8.76. The first-order chi connectivity index (χ1) is 6.83. The summed E-state index contributed by atoms with van der Waals surface area (Å²) in [5.41, 5.74) is 0.175. The van der Waals surface area contributed by atoms with Gasteiger partial charge in [0.1, 0.15) is 18.0 Å². The summed E-state index contributed by atoms with van der Waals surface area (Å²) in [6.45, 7) is 1.87. The molecule has 1 aliphatic rings. The predicted octanol–water partition coefficient (Wildman–Crippen LogP) is 0.950. The SMILES string of the molecule is CNC(=C(C#N)C#N)N1CCCCC1. The van der Waals surface area contributed by atoms with E-state index in [0.29, 0.717) is 5.82 Å². The van der Waals surface area contributed by atoms with E-state index in [1.165, 1.54) is 6.42 Å². The first-order valence-corrected chi connectivity index (χ1v) is 4.80. The molecule has 1 N–H and O–H groups in total. The lowest BCUT2D eigenvalue weighted by molar-refractivity contribution is 0.270. The first-order valence-electron chi connectivity index (χ1n) is 4.80. The predicted molar refractivity (Wildman–Crippen MR) is 52.7 cm³/mol. The van der Waals surface area contributed by atoms with Crippen molar-refractivity contribution in [3.63, 3.8) is 0 Å². The van der Waals surface area contributed by atoms with Crippen LogP contribution in [0.25, 0.3) is 0 Å². The van der Waals surface area contributed by atoms with Crippen LogP contribution in [0.4, 0.5) is 0 Å². The normalized spacial score (nSPS) is 15.2. The number of nitrogens with zero attached hydrogens (tertiary/aromatic N) is 3. The van der Waals surface area contributed by atoms with Crippen LogP contribution in [0.15, 0.2) is 11.4 Å². The zero-order valence-corrected chi connectivity index (χ0v) is 8.38. The fourth-order valence-electron chi connectivity index (χ4n) is 1.69. The van der Waals surface area contributed by atoms with E-state index in [1.54, 1.807) is 7.05 Å². The average Bonchev–Trinajstić information content (AvgIpc) is 2.27. The van der Waals surface area contributed by atoms with Crippen molar-refractivity contribution in [2.24, 2.45) is 0 Å². The van der Waals surface area contributed by atoms with E-state index in [0.717, 1.165) is 25.9 Å². The lowest BCUT2D eigenvalue weighted by atomic mass is 10.1. The van der Waals surface area contributed by atoms with Crippen LogP contribution >= 0.6 is 0 Å². The molecule has 0 aromatic heterocycles. The van der Waals surface area contributed by atoms with Crippen molar-refractivity contribution >= 4 is 0 Å². The summed E-state index contributed by atoms with van der Waals surface area (Å²) in [5, 5.41) is 20.5. The number of nitriles is 2. The van der Waals surface area contributed by atoms with Crippen molar-refractivity contribution in [2.45, 2.75) is 19.3 Å². The largest absolute Gasteiger partial charge is 0.373 e. The van der Waals surface area contributed by atoms with E-state index >= 15 is 0 Å². The average molecular weight is 190 g/mol. The van der Waals surface area contributed by atoms with Gasteiger partial charge in [0.15, 0.2) is 5.57 Å². The molecule has 14 heavy (non-hydrogen) atoms. The fourth-order valence-corrected chi connectivity index (χ4v) is 1.69. The van der Waals surface area contributed by atoms with E-state index in [2.05, 4.69) is 10.2 Å². The molecule has 0 saturated carbocycles. The van der Waals surface area contributed by atoms with E-state index < -0.39 is 0 Å². The molecular weight excluding hydrogens is 176 g/mol. The summed E-state index contributed by atoms with van der Waals surface area (Å²) in [5.74, 6) is 0.676. The molecule has 0 amide bonds. The van der Waals surface area contributed by atoms with Gasteiger partial charge in [-0.1, -0.05) is 0 Å². The quantitative estimate of drug-likeness (QED) is 0.658. The van der Waals surface area contributed by atoms with Gasteiger partial charge in [-0.25, -0.2) is 0 Å². The molecule has 0 spiro atoms. The second-order valence-electron chi connectivity index (χ2n) is 3.24. The van der Waals surface area contributed by atoms with Crippen molar-refractivity contribution in [3.05, 3.63) is 11.4 Å². The zero-order valence-electron chi connectivity index (χ0n) is 8.38. The Morgan fingerprint density at radius 1 is 1.14 bits per heavy atom. The maximum Gasteiger partial charge on any atom is 0.169 e. The Bertz CT molecular complexity index is 283. The molecule has 0 aromatic carbocycles. The van der Waals surface area contributed by atoms with Gasteiger partial charge in [-0.3, -0.25) is 0 Å². The van der Waals surface area contributed by atoms with E-state index in [-0.39, 0.29) is 5.57 Å². The summed E-state index contributed by atoms with van der Waals surface area (Å²) in [4.78, 5) is 2.07. The molecule has 1 fully saturated rings. The number of hydrogen-bond acceptors (Lipinski definition) is 4. The monoisotopic (exact) mass is 190 g/mol. The van der Waals surface area contributed by atoms with Crippen LogP contribution in [0.2, 0.25) is 0 Å². The molecule has 0 bridgehead atoms. The number of likely N-dealkylation sites (tertiary alicyclic amines) is 1. The molecule has 0 unspecified atom stereocenters. The second-order valence-corrected chi connectivity index (χ2v) is 3.24. The van der Waals surface area contributed by atoms with Crippen molar-refractivity contribution < 1.29 is 0 Å². The van der Waals surface area contributed by atoms with Crippen molar-refractivity contribution in [2.75, 3.05) is 20.1 Å². The van der Waals surface area contributed by atoms with Gasteiger partial charge < -0.3 is 10.2 Å². The highest BCUT2D eigenvalue weighted by Crippen LogP contribution is 2.14. The molecule has 1 saturated heterocycles. The molecule has 0 aromatic rings. The van der Waals surface area contributed by atoms with Crippen molar-refractivity contribution in [3.8, 4) is 12.1 Å². The molecule has 0 aliphatic carbocycles. The highest BCUT2D eigenvalue weighted by molar-refractivity contribution is 5.38. The number of rotatable bonds is 2. The Balaban J connectivity index is 2.85. The molecule has 1 rings (SSSR count). The molecule has 74 valence electrons. The molecule has 4 heteroatoms. The van der Waals surface area contributed by atoms with E-state index in [9.17, 15) is 0 Å². The van der Waals surface area contributed by atoms with E-state index in [4.69, 9.17) is 10.5 Å². The van der Waals surface area contributed by atoms with Gasteiger partial charge in [0.25, 0.3) is 0 Å². The van der Waals surface area contributed by atoms with Crippen LogP contribution in [0.5, 0.6) is 0 Å². The first kappa shape index (κ1) is 10.4. The maximum atomic E-state index is 8.76. The Morgan fingerprint density at radius 2 is 1.71 bits per heavy atom. The van der Waals surface area contributed by atoms with Crippen LogP contribution in [0.1, 0.15) is 19.3 Å². The standard InChI is InChI=1S/C10H14N4/c1-13-10(9(7-11)8-12)14-5-3-2-4-6-14/h13H,2-6H2,1H3. The Hall–Kier alpha value is -1.68. The molecule has 1 heterocycles. The topological polar surface area (TPSA) is 62.9 Å². The van der Waals surface area contributed by atoms with Crippen LogP contribution in [-0.2, 0) is 0 Å². The highest BCUT2D eigenvalue weighted by Gasteiger charge is 2.16. The number of piperidine rings is 1. The molecule has 1 aliphatic heterocycles. The number of hydrogen-bond donors (Lipinski definition) is 1. The summed E-state index contributed by atoms with van der Waals surface area (Å²) < 4.78 is 0. The summed E-state index contributed by atoms with van der Waals surface area (Å²) >= 11 is 0. The van der Waals surface area contributed by atoms with Gasteiger partial charge in [-0.05, 0) is 19.3 Å². The third-order valence-electron chi connectivity index (χ3n) is 2.37. The minimum atomic E-state index is 0.175. The third kappa shape index (κ3) is 2.17. The Labute approximate surface area is 84.4 Å². The van der Waals surface area contributed by atoms with Gasteiger partial charge in [-0.2, -0.15) is 10.5 Å². The third-order valence-corrected chi connectivity index (χ3v) is 2.37. The van der Waals surface area contributed by atoms with Gasteiger partial charge in [-0.15, -0.1) is 0 Å². The lowest BCUT2D eigenvalue weighted by Crippen LogP contribution is -2.35. The second kappa shape index (κ2) is 5.14. The molecule has 0 atom stereocenters. The Kier molecular flexibility index (Phi) is 3.82. The van der Waals surface area contributed by atoms with Crippen LogP contribution in [0, 0.1) is 22.7 Å². The highest BCUT2D eigenvalue weighted by atomic mass is 15.2. The van der Waals surface area contributed by atoms with Crippen LogP contribution in [-0.4, -0.2) is 25.0 Å². The van der Waals surface area contributed by atoms with Gasteiger partial charge in [0.2, 0.25) is 0 Å². The minimum Gasteiger partial charge on any atom is -0.373 e. The molecule has 4 nitrogen and oxygen atoms in total. The van der Waals surface area contributed by atoms with E-state index in [1.807, 2.05) is 12.1 Å². The van der Waals surface area contributed by atoms with Crippen LogP contribution < -0.4 is 5.32 Å².